The van der Waals surface area contributed by atoms with Gasteiger partial charge in [-0.1, -0.05) is 127 Å². The van der Waals surface area contributed by atoms with Crippen molar-refractivity contribution in [3.63, 3.8) is 0 Å². The lowest BCUT2D eigenvalue weighted by Gasteiger charge is -2.34. The predicted molar refractivity (Wildman–Crippen MR) is 202 cm³/mol. The third-order valence-electron chi connectivity index (χ3n) is 9.38. The summed E-state index contributed by atoms with van der Waals surface area (Å²) in [6.45, 7) is 2.02. The fourth-order valence-electron chi connectivity index (χ4n) is 7.29. The minimum atomic E-state index is 0.0608. The van der Waals surface area contributed by atoms with Crippen LogP contribution in [0.2, 0.25) is 0 Å². The zero-order valence-electron chi connectivity index (χ0n) is 26.9. The summed E-state index contributed by atoms with van der Waals surface area (Å²) in [5.74, 6) is 0. The number of anilines is 2. The van der Waals surface area contributed by atoms with Gasteiger partial charge in [0.25, 0.3) is 0 Å². The van der Waals surface area contributed by atoms with E-state index < -0.39 is 0 Å². The Morgan fingerprint density at radius 1 is 0.729 bits per heavy atom. The van der Waals surface area contributed by atoms with Crippen LogP contribution in [-0.4, -0.2) is 10.6 Å². The summed E-state index contributed by atoms with van der Waals surface area (Å²) >= 11 is 0. The van der Waals surface area contributed by atoms with Gasteiger partial charge < -0.3 is 9.47 Å². The number of benzene rings is 5. The molecule has 0 saturated carbocycles. The van der Waals surface area contributed by atoms with E-state index in [4.69, 9.17) is 5.26 Å². The normalized spacial score (nSPS) is 16.2. The summed E-state index contributed by atoms with van der Waals surface area (Å²) in [6, 6.07) is 46.0. The zero-order valence-corrected chi connectivity index (χ0v) is 26.9. The van der Waals surface area contributed by atoms with Crippen molar-refractivity contribution in [1.29, 1.82) is 5.26 Å². The molecule has 1 aliphatic heterocycles. The quantitative estimate of drug-likeness (QED) is 0.194. The van der Waals surface area contributed by atoms with Gasteiger partial charge in [0.1, 0.15) is 0 Å². The van der Waals surface area contributed by atoms with Gasteiger partial charge in [0.05, 0.1) is 23.3 Å². The highest BCUT2D eigenvalue weighted by molar-refractivity contribution is 6.16. The molecular weight excluding hydrogens is 583 g/mol. The molecule has 230 valence electrons. The number of rotatable bonds is 2. The molecule has 1 unspecified atom stereocenters. The van der Waals surface area contributed by atoms with Crippen molar-refractivity contribution < 1.29 is 0 Å². The summed E-state index contributed by atoms with van der Waals surface area (Å²) in [6.07, 6.45) is 17.4. The first-order valence-electron chi connectivity index (χ1n) is 16.6. The second kappa shape index (κ2) is 12.6. The standard InChI is InChI=1S/C37H26N2.C8H9N/c1-3-15-28(16-4-1)38-30-19-9-7-14-27(25-30)36-35(32-21-11-12-22-34(32)38)33-24-23-26-13-8-10-20-31(26)37(33)39(36)29-17-5-2-6-18-29;1-7-3-2-4-8(5-7)6-9/h1-25,30H;3,5H,2,4H2,1H3. The van der Waals surface area contributed by atoms with Crippen LogP contribution in [-0.2, 0) is 0 Å². The first-order chi connectivity index (χ1) is 23.7. The average Bonchev–Trinajstić information content (AvgIpc) is 3.29. The van der Waals surface area contributed by atoms with Crippen LogP contribution >= 0.6 is 0 Å². The van der Waals surface area contributed by atoms with Gasteiger partial charge >= 0.3 is 0 Å². The molecule has 3 nitrogen and oxygen atoms in total. The molecule has 6 aromatic rings. The van der Waals surface area contributed by atoms with Crippen molar-refractivity contribution >= 4 is 38.6 Å². The maximum atomic E-state index is 8.46. The van der Waals surface area contributed by atoms with Crippen molar-refractivity contribution in [2.24, 2.45) is 0 Å². The highest BCUT2D eigenvalue weighted by Crippen LogP contribution is 2.49. The molecule has 2 heterocycles. The number of nitriles is 1. The van der Waals surface area contributed by atoms with E-state index in [0.29, 0.717) is 0 Å². The van der Waals surface area contributed by atoms with Crippen LogP contribution in [0.15, 0.2) is 175 Å². The number of hydrogen-bond donors (Lipinski definition) is 0. The number of fused-ring (bicyclic) bond motifs is 9. The minimum Gasteiger partial charge on any atom is -0.330 e. The molecule has 0 amide bonds. The SMILES string of the molecule is C1=CC2=CC(C=C1)N(c1ccccc1)c1ccccc1-c1c2n(-c2ccccc2)c2c1ccc1ccccc12.CC1=CCCC(C#N)=C1. The Hall–Kier alpha value is -6.11. The van der Waals surface area contributed by atoms with Crippen molar-refractivity contribution in [3.05, 3.63) is 181 Å². The van der Waals surface area contributed by atoms with Crippen LogP contribution in [0.3, 0.4) is 0 Å². The monoisotopic (exact) mass is 617 g/mol. The molecule has 0 fully saturated rings. The average molecular weight is 618 g/mol. The molecule has 3 heteroatoms. The molecule has 2 bridgehead atoms. The molecule has 1 atom stereocenters. The molecule has 2 aliphatic carbocycles. The molecule has 3 aliphatic rings. The molecule has 5 aromatic carbocycles. The van der Waals surface area contributed by atoms with E-state index in [0.717, 1.165) is 18.4 Å². The molecule has 0 N–H and O–H groups in total. The molecule has 0 saturated heterocycles. The molecule has 9 rings (SSSR count). The van der Waals surface area contributed by atoms with Crippen molar-refractivity contribution in [1.82, 2.24) is 4.57 Å². The fourth-order valence-corrected chi connectivity index (χ4v) is 7.29. The Bertz CT molecular complexity index is 2360. The maximum Gasteiger partial charge on any atom is 0.0947 e. The smallest absolute Gasteiger partial charge is 0.0947 e. The highest BCUT2D eigenvalue weighted by Gasteiger charge is 2.30. The summed E-state index contributed by atoms with van der Waals surface area (Å²) < 4.78 is 2.49. The molecule has 1 aromatic heterocycles. The van der Waals surface area contributed by atoms with Crippen molar-refractivity contribution in [2.75, 3.05) is 4.90 Å². The van der Waals surface area contributed by atoms with E-state index in [1.165, 1.54) is 66.7 Å². The van der Waals surface area contributed by atoms with Crippen molar-refractivity contribution in [2.45, 2.75) is 25.8 Å². The van der Waals surface area contributed by atoms with Crippen LogP contribution < -0.4 is 4.90 Å². The molecule has 48 heavy (non-hydrogen) atoms. The third kappa shape index (κ3) is 5.18. The highest BCUT2D eigenvalue weighted by atomic mass is 15.2. The number of hydrogen-bond acceptors (Lipinski definition) is 2. The van der Waals surface area contributed by atoms with Crippen molar-refractivity contribution in [3.8, 4) is 22.9 Å². The number of nitrogens with zero attached hydrogens (tertiary/aromatic N) is 3. The van der Waals surface area contributed by atoms with Gasteiger partial charge in [-0.15, -0.1) is 0 Å². The van der Waals surface area contributed by atoms with Gasteiger partial charge in [0.2, 0.25) is 0 Å². The number of para-hydroxylation sites is 3. The summed E-state index contributed by atoms with van der Waals surface area (Å²) in [7, 11) is 0. The Morgan fingerprint density at radius 3 is 2.23 bits per heavy atom. The Morgan fingerprint density at radius 2 is 1.46 bits per heavy atom. The first-order valence-corrected chi connectivity index (χ1v) is 16.6. The summed E-state index contributed by atoms with van der Waals surface area (Å²) in [5, 5.41) is 12.2. The molecular formula is C45H35N3. The van der Waals surface area contributed by atoms with E-state index >= 15 is 0 Å². The lowest BCUT2D eigenvalue weighted by atomic mass is 9.92. The van der Waals surface area contributed by atoms with Gasteiger partial charge in [0.15, 0.2) is 0 Å². The maximum absolute atomic E-state index is 8.46. The van der Waals surface area contributed by atoms with Crippen LogP contribution in [0.25, 0.3) is 44.1 Å². The van der Waals surface area contributed by atoms with Crippen LogP contribution in [0, 0.1) is 11.3 Å². The minimum absolute atomic E-state index is 0.0608. The van der Waals surface area contributed by atoms with E-state index in [1.54, 1.807) is 0 Å². The second-order valence-electron chi connectivity index (χ2n) is 12.4. The Labute approximate surface area is 282 Å². The van der Waals surface area contributed by atoms with Gasteiger partial charge in [-0.25, -0.2) is 0 Å². The topological polar surface area (TPSA) is 32.0 Å². The van der Waals surface area contributed by atoms with E-state index in [1.807, 2.05) is 13.0 Å². The Kier molecular flexibility index (Phi) is 7.69. The lowest BCUT2D eigenvalue weighted by molar-refractivity contribution is 0.942. The van der Waals surface area contributed by atoms with Gasteiger partial charge in [-0.3, -0.25) is 0 Å². The third-order valence-corrected chi connectivity index (χ3v) is 9.38. The van der Waals surface area contributed by atoms with Crippen LogP contribution in [0.4, 0.5) is 11.4 Å². The summed E-state index contributed by atoms with van der Waals surface area (Å²) in [4.78, 5) is 2.47. The number of allylic oxidation sites excluding steroid dienone is 8. The van der Waals surface area contributed by atoms with Crippen LogP contribution in [0.1, 0.15) is 25.5 Å². The zero-order chi connectivity index (χ0) is 32.5. The summed E-state index contributed by atoms with van der Waals surface area (Å²) in [5.41, 5.74) is 11.9. The second-order valence-corrected chi connectivity index (χ2v) is 12.4. The molecule has 0 spiro atoms. The molecule has 0 radical (unpaired) electrons. The van der Waals surface area contributed by atoms with E-state index in [9.17, 15) is 0 Å². The van der Waals surface area contributed by atoms with Crippen LogP contribution in [0.5, 0.6) is 0 Å². The Balaban J connectivity index is 0.000000326. The van der Waals surface area contributed by atoms with Gasteiger partial charge in [0, 0.05) is 44.5 Å². The van der Waals surface area contributed by atoms with Gasteiger partial charge in [-0.05, 0) is 73.2 Å². The largest absolute Gasteiger partial charge is 0.330 e. The lowest BCUT2D eigenvalue weighted by Crippen LogP contribution is -2.29. The first kappa shape index (κ1) is 29.3. The van der Waals surface area contributed by atoms with E-state index in [2.05, 4.69) is 173 Å². The predicted octanol–water partition coefficient (Wildman–Crippen LogP) is 11.7. The number of aromatic nitrogens is 1. The fraction of sp³-hybridized carbons (Fsp3) is 0.0889. The van der Waals surface area contributed by atoms with Gasteiger partial charge in [-0.2, -0.15) is 5.26 Å². The van der Waals surface area contributed by atoms with E-state index in [-0.39, 0.29) is 6.04 Å².